The predicted octanol–water partition coefficient (Wildman–Crippen LogP) is 1.11. The maximum absolute atomic E-state index is 12.4. The van der Waals surface area contributed by atoms with E-state index in [-0.39, 0.29) is 18.8 Å². The zero-order valence-electron chi connectivity index (χ0n) is 16.2. The number of carbonyl (C=O) groups excluding carboxylic acids is 2. The molecular formula is C20H26N2O5. The number of aliphatic carboxylic acids is 1. The Bertz CT molecular complexity index is 792. The Hall–Kier alpha value is -2.80. The van der Waals surface area contributed by atoms with Gasteiger partial charge >= 0.3 is 0 Å². The van der Waals surface area contributed by atoms with Crippen molar-refractivity contribution in [1.29, 1.82) is 0 Å². The third-order valence-corrected chi connectivity index (χ3v) is 3.77. The van der Waals surface area contributed by atoms with Crippen molar-refractivity contribution in [2.75, 3.05) is 27.7 Å². The molecule has 0 spiro atoms. The van der Waals surface area contributed by atoms with Gasteiger partial charge in [0, 0.05) is 12.4 Å². The summed E-state index contributed by atoms with van der Waals surface area (Å²) in [5, 5.41) is 13.7. The summed E-state index contributed by atoms with van der Waals surface area (Å²) in [6.45, 7) is 2.61. The molecule has 0 bridgehead atoms. The van der Waals surface area contributed by atoms with E-state index in [0.29, 0.717) is 16.8 Å². The Morgan fingerprint density at radius 1 is 1.22 bits per heavy atom. The normalized spacial score (nSPS) is 12.4. The number of quaternary nitrogens is 1. The van der Waals surface area contributed by atoms with Crippen LogP contribution in [-0.2, 0) is 11.4 Å². The Kier molecular flexibility index (Phi) is 6.63. The number of amides is 1. The lowest BCUT2D eigenvalue weighted by atomic mass is 10.2. The van der Waals surface area contributed by atoms with Crippen molar-refractivity contribution in [2.45, 2.75) is 26.0 Å². The van der Waals surface area contributed by atoms with Gasteiger partial charge in [0.2, 0.25) is 0 Å². The summed E-state index contributed by atoms with van der Waals surface area (Å²) < 4.78 is 11.7. The highest BCUT2D eigenvalue weighted by atomic mass is 16.5. The van der Waals surface area contributed by atoms with Crippen LogP contribution in [0.4, 0.5) is 0 Å². The van der Waals surface area contributed by atoms with E-state index in [1.165, 1.54) is 0 Å². The molecule has 1 atom stereocenters. The summed E-state index contributed by atoms with van der Waals surface area (Å²) in [6.07, 6.45) is -0.259. The van der Waals surface area contributed by atoms with Crippen molar-refractivity contribution >= 4 is 11.9 Å². The smallest absolute Gasteiger partial charge is 0.287 e. The number of aryl methyl sites for hydroxylation is 1. The molecule has 1 aromatic heterocycles. The monoisotopic (exact) mass is 374 g/mol. The summed E-state index contributed by atoms with van der Waals surface area (Å²) in [7, 11) is 5.76. The number of rotatable bonds is 9. The number of carbonyl (C=O) groups is 2. The van der Waals surface area contributed by atoms with E-state index in [9.17, 15) is 14.7 Å². The van der Waals surface area contributed by atoms with Gasteiger partial charge in [-0.3, -0.25) is 4.79 Å². The van der Waals surface area contributed by atoms with Crippen LogP contribution < -0.4 is 15.2 Å². The molecule has 0 aliphatic rings. The number of hydrogen-bond donors (Lipinski definition) is 1. The van der Waals surface area contributed by atoms with Crippen molar-refractivity contribution in [1.82, 2.24) is 5.32 Å². The predicted molar refractivity (Wildman–Crippen MR) is 98.0 cm³/mol. The number of carboxylic acid groups (broad SMARTS) is 1. The summed E-state index contributed by atoms with van der Waals surface area (Å²) in [4.78, 5) is 23.3. The molecule has 1 unspecified atom stereocenters. The van der Waals surface area contributed by atoms with Gasteiger partial charge < -0.3 is 28.9 Å². The quantitative estimate of drug-likeness (QED) is 0.664. The minimum Gasteiger partial charge on any atom is -0.550 e. The van der Waals surface area contributed by atoms with Gasteiger partial charge in [0.1, 0.15) is 18.1 Å². The molecule has 0 aliphatic heterocycles. The molecule has 1 N–H and O–H groups in total. The highest BCUT2D eigenvalue weighted by Crippen LogP contribution is 2.16. The molecule has 2 rings (SSSR count). The van der Waals surface area contributed by atoms with Crippen LogP contribution >= 0.6 is 0 Å². The molecule has 7 heteroatoms. The Balaban J connectivity index is 1.96. The molecule has 0 saturated carbocycles. The van der Waals surface area contributed by atoms with Crippen molar-refractivity contribution in [2.24, 2.45) is 0 Å². The molecule has 2 aromatic rings. The van der Waals surface area contributed by atoms with Gasteiger partial charge in [-0.25, -0.2) is 0 Å². The van der Waals surface area contributed by atoms with Crippen molar-refractivity contribution in [3.05, 3.63) is 53.5 Å². The number of furan rings is 1. The van der Waals surface area contributed by atoms with Crippen LogP contribution in [0.15, 0.2) is 40.8 Å². The van der Waals surface area contributed by atoms with Crippen LogP contribution in [0.3, 0.4) is 0 Å². The van der Waals surface area contributed by atoms with E-state index in [4.69, 9.17) is 9.15 Å². The highest BCUT2D eigenvalue weighted by molar-refractivity contribution is 5.91. The average Bonchev–Trinajstić information content (AvgIpc) is 2.99. The van der Waals surface area contributed by atoms with Crippen LogP contribution in [0.25, 0.3) is 0 Å². The third-order valence-electron chi connectivity index (χ3n) is 3.77. The van der Waals surface area contributed by atoms with Gasteiger partial charge in [-0.05, 0) is 36.8 Å². The second-order valence-corrected chi connectivity index (χ2v) is 7.59. The van der Waals surface area contributed by atoms with Gasteiger partial charge in [-0.1, -0.05) is 12.1 Å². The summed E-state index contributed by atoms with van der Waals surface area (Å²) in [6, 6.07) is 10.3. The van der Waals surface area contributed by atoms with E-state index < -0.39 is 17.9 Å². The lowest BCUT2D eigenvalue weighted by molar-refractivity contribution is -0.871. The fourth-order valence-corrected chi connectivity index (χ4v) is 2.72. The Morgan fingerprint density at radius 2 is 1.96 bits per heavy atom. The van der Waals surface area contributed by atoms with Gasteiger partial charge in [0.25, 0.3) is 5.91 Å². The molecule has 0 aliphatic carbocycles. The average molecular weight is 374 g/mol. The number of nitrogens with one attached hydrogen (secondary N) is 1. The molecule has 0 saturated heterocycles. The van der Waals surface area contributed by atoms with Crippen molar-refractivity contribution in [3.63, 3.8) is 0 Å². The molecule has 1 amide bonds. The van der Waals surface area contributed by atoms with E-state index in [1.807, 2.05) is 52.3 Å². The second kappa shape index (κ2) is 8.73. The topological polar surface area (TPSA) is 91.6 Å². The van der Waals surface area contributed by atoms with Crippen molar-refractivity contribution in [3.8, 4) is 5.75 Å². The zero-order valence-corrected chi connectivity index (χ0v) is 16.2. The highest BCUT2D eigenvalue weighted by Gasteiger charge is 2.22. The SMILES string of the molecule is Cc1cccc(OCc2ccc(C(=O)NC(CC(=O)[O-])C[N+](C)(C)C)o2)c1. The van der Waals surface area contributed by atoms with E-state index in [1.54, 1.807) is 12.1 Å². The molecule has 7 nitrogen and oxygen atoms in total. The van der Waals surface area contributed by atoms with Crippen molar-refractivity contribution < 1.29 is 28.3 Å². The number of carboxylic acids is 1. The number of likely N-dealkylation sites (N-methyl/N-ethyl adjacent to an activating group) is 1. The minimum atomic E-state index is -1.21. The fraction of sp³-hybridized carbons (Fsp3) is 0.400. The number of hydrogen-bond acceptors (Lipinski definition) is 5. The lowest BCUT2D eigenvalue weighted by Crippen LogP contribution is -2.50. The van der Waals surface area contributed by atoms with Gasteiger partial charge in [-0.15, -0.1) is 0 Å². The second-order valence-electron chi connectivity index (χ2n) is 7.59. The standard InChI is InChI=1S/C20H26N2O5/c1-14-6-5-7-16(10-14)26-13-17-8-9-18(27-17)20(25)21-15(11-19(23)24)12-22(2,3)4/h5-10,15H,11-13H2,1-4H3,(H-,21,23,24,25). The van der Waals surface area contributed by atoms with Gasteiger partial charge in [0.15, 0.2) is 5.76 Å². The first-order chi connectivity index (χ1) is 12.6. The van der Waals surface area contributed by atoms with E-state index in [0.717, 1.165) is 11.3 Å². The van der Waals surface area contributed by atoms with Crippen LogP contribution in [0.1, 0.15) is 28.3 Å². The van der Waals surface area contributed by atoms with Gasteiger partial charge in [0.05, 0.1) is 33.7 Å². The maximum Gasteiger partial charge on any atom is 0.287 e. The van der Waals surface area contributed by atoms with Gasteiger partial charge in [-0.2, -0.15) is 0 Å². The third kappa shape index (κ3) is 7.15. The first-order valence-electron chi connectivity index (χ1n) is 8.72. The molecule has 1 aromatic carbocycles. The number of benzene rings is 1. The van der Waals surface area contributed by atoms with E-state index >= 15 is 0 Å². The van der Waals surface area contributed by atoms with Crippen LogP contribution in [-0.4, -0.2) is 50.1 Å². The summed E-state index contributed by atoms with van der Waals surface area (Å²) >= 11 is 0. The lowest BCUT2D eigenvalue weighted by Gasteiger charge is -2.29. The van der Waals surface area contributed by atoms with Crippen LogP contribution in [0.5, 0.6) is 5.75 Å². The zero-order chi connectivity index (χ0) is 20.0. The summed E-state index contributed by atoms with van der Waals surface area (Å²) in [5.74, 6) is -0.335. The number of ether oxygens (including phenoxy) is 1. The first-order valence-corrected chi connectivity index (χ1v) is 8.72. The van der Waals surface area contributed by atoms with Crippen LogP contribution in [0, 0.1) is 6.92 Å². The molecule has 27 heavy (non-hydrogen) atoms. The van der Waals surface area contributed by atoms with E-state index in [2.05, 4.69) is 5.32 Å². The number of nitrogens with zero attached hydrogens (tertiary/aromatic N) is 1. The molecule has 1 heterocycles. The first kappa shape index (κ1) is 20.5. The minimum absolute atomic E-state index is 0.114. The fourth-order valence-electron chi connectivity index (χ4n) is 2.72. The van der Waals surface area contributed by atoms with Crippen LogP contribution in [0.2, 0.25) is 0 Å². The molecule has 0 fully saturated rings. The molecular weight excluding hydrogens is 348 g/mol. The maximum atomic E-state index is 12.4. The Morgan fingerprint density at radius 3 is 2.59 bits per heavy atom. The molecule has 0 radical (unpaired) electrons. The largest absolute Gasteiger partial charge is 0.550 e. The Labute approximate surface area is 159 Å². The summed E-state index contributed by atoms with van der Waals surface area (Å²) in [5.41, 5.74) is 1.09. The molecule has 146 valence electrons.